The van der Waals surface area contributed by atoms with Gasteiger partial charge < -0.3 is 19.7 Å². The highest BCUT2D eigenvalue weighted by molar-refractivity contribution is 9.10. The van der Waals surface area contributed by atoms with Gasteiger partial charge in [0.15, 0.2) is 17.3 Å². The van der Waals surface area contributed by atoms with E-state index in [4.69, 9.17) is 19.2 Å². The first-order valence-electron chi connectivity index (χ1n) is 12.3. The Kier molecular flexibility index (Phi) is 7.73. The van der Waals surface area contributed by atoms with Gasteiger partial charge in [-0.05, 0) is 48.7 Å². The minimum atomic E-state index is -1.13. The largest absolute Gasteiger partial charge is 0.465 e. The molecule has 4 rings (SSSR count). The lowest BCUT2D eigenvalue weighted by atomic mass is 9.92. The summed E-state index contributed by atoms with van der Waals surface area (Å²) in [6.45, 7) is 13.8. The molecule has 3 heterocycles. The van der Waals surface area contributed by atoms with Crippen LogP contribution in [-0.4, -0.2) is 51.1 Å². The maximum absolute atomic E-state index is 12.4. The molecule has 0 radical (unpaired) electrons. The van der Waals surface area contributed by atoms with Gasteiger partial charge in [-0.3, -0.25) is 4.90 Å². The summed E-state index contributed by atoms with van der Waals surface area (Å²) in [5, 5.41) is 17.9. The average molecular weight is 573 g/mol. The van der Waals surface area contributed by atoms with Crippen molar-refractivity contribution in [2.24, 2.45) is 0 Å². The Balaban J connectivity index is 1.68. The monoisotopic (exact) mass is 571 g/mol. The van der Waals surface area contributed by atoms with E-state index in [0.717, 1.165) is 37.3 Å². The lowest BCUT2D eigenvalue weighted by molar-refractivity contribution is 0.190. The van der Waals surface area contributed by atoms with Crippen LogP contribution >= 0.6 is 15.9 Å². The molecule has 10 heteroatoms. The number of ether oxygens (including phenoxy) is 1. The van der Waals surface area contributed by atoms with Gasteiger partial charge in [-0.15, -0.1) is 0 Å². The quantitative estimate of drug-likeness (QED) is 0.369. The smallest absolute Gasteiger partial charge is 0.413 e. The van der Waals surface area contributed by atoms with Gasteiger partial charge in [0, 0.05) is 41.8 Å². The lowest BCUT2D eigenvalue weighted by Crippen LogP contribution is -2.46. The number of hydrogen-bond acceptors (Lipinski definition) is 7. The van der Waals surface area contributed by atoms with Crippen LogP contribution in [0, 0.1) is 0 Å². The van der Waals surface area contributed by atoms with E-state index in [1.807, 2.05) is 53.7 Å². The Hall–Kier alpha value is -2.82. The van der Waals surface area contributed by atoms with Crippen molar-refractivity contribution in [3.63, 3.8) is 0 Å². The molecule has 1 aliphatic heterocycles. The fraction of sp³-hybridized carbons (Fsp3) is 0.481. The fourth-order valence-electron chi connectivity index (χ4n) is 4.17. The molecule has 2 aromatic heterocycles. The van der Waals surface area contributed by atoms with Crippen molar-refractivity contribution in [3.8, 4) is 22.7 Å². The molecule has 1 aromatic carbocycles. The Morgan fingerprint density at radius 1 is 1.16 bits per heavy atom. The van der Waals surface area contributed by atoms with E-state index in [1.165, 1.54) is 4.90 Å². The van der Waals surface area contributed by atoms with Crippen LogP contribution in [0.2, 0.25) is 0 Å². The van der Waals surface area contributed by atoms with Gasteiger partial charge in [0.25, 0.3) is 0 Å². The predicted octanol–water partition coefficient (Wildman–Crippen LogP) is 6.02. The summed E-state index contributed by atoms with van der Waals surface area (Å²) < 4.78 is 11.6. The summed E-state index contributed by atoms with van der Waals surface area (Å²) in [7, 11) is 0. The van der Waals surface area contributed by atoms with Crippen molar-refractivity contribution in [2.45, 2.75) is 71.5 Å². The van der Waals surface area contributed by atoms with Crippen molar-refractivity contribution < 1.29 is 19.2 Å². The second-order valence-electron chi connectivity index (χ2n) is 11.3. The van der Waals surface area contributed by atoms with Gasteiger partial charge in [-0.2, -0.15) is 0 Å². The summed E-state index contributed by atoms with van der Waals surface area (Å²) in [5.41, 5.74) is 2.49. The molecule has 1 aliphatic rings. The number of halogens is 1. The van der Waals surface area contributed by atoms with E-state index in [-0.39, 0.29) is 11.2 Å². The minimum Gasteiger partial charge on any atom is -0.465 e. The van der Waals surface area contributed by atoms with Crippen LogP contribution in [0.15, 0.2) is 39.5 Å². The fourth-order valence-corrected chi connectivity index (χ4v) is 5.03. The molecular weight excluding hydrogens is 538 g/mol. The second-order valence-corrected chi connectivity index (χ2v) is 12.0. The highest BCUT2D eigenvalue weighted by atomic mass is 79.9. The van der Waals surface area contributed by atoms with Crippen molar-refractivity contribution in [1.29, 1.82) is 0 Å². The van der Waals surface area contributed by atoms with Crippen molar-refractivity contribution >= 4 is 27.8 Å². The summed E-state index contributed by atoms with van der Waals surface area (Å²) in [5.74, 6) is 0.536. The van der Waals surface area contributed by atoms with Gasteiger partial charge in [0.2, 0.25) is 0 Å². The van der Waals surface area contributed by atoms with E-state index in [0.29, 0.717) is 33.5 Å². The lowest BCUT2D eigenvalue weighted by Gasteiger charge is -2.34. The number of carboxylic acid groups (broad SMARTS) is 1. The van der Waals surface area contributed by atoms with Gasteiger partial charge in [0.05, 0.1) is 12.3 Å². The third kappa shape index (κ3) is 6.19. The highest BCUT2D eigenvalue weighted by Gasteiger charge is 2.35. The number of amides is 1. The Bertz CT molecular complexity index is 1260. The Labute approximate surface area is 225 Å². The predicted molar refractivity (Wildman–Crippen MR) is 146 cm³/mol. The van der Waals surface area contributed by atoms with Crippen LogP contribution < -0.4 is 10.2 Å². The van der Waals surface area contributed by atoms with E-state index >= 15 is 0 Å². The number of hydrogen-bond donors (Lipinski definition) is 2. The van der Waals surface area contributed by atoms with Gasteiger partial charge in [-0.25, -0.2) is 14.8 Å². The third-order valence-corrected chi connectivity index (χ3v) is 6.69. The van der Waals surface area contributed by atoms with Crippen LogP contribution in [0.5, 0.6) is 0 Å². The Morgan fingerprint density at radius 2 is 1.86 bits per heavy atom. The zero-order valence-electron chi connectivity index (χ0n) is 22.1. The summed E-state index contributed by atoms with van der Waals surface area (Å²) in [6.07, 6.45) is -0.0928. The molecule has 1 fully saturated rings. The number of nitrogens with one attached hydrogen (secondary N) is 1. The van der Waals surface area contributed by atoms with Crippen molar-refractivity contribution in [3.05, 3.63) is 46.2 Å². The summed E-state index contributed by atoms with van der Waals surface area (Å²) >= 11 is 3.53. The zero-order chi connectivity index (χ0) is 27.0. The number of anilines is 1. The molecule has 1 saturated heterocycles. The number of nitrogens with zero attached hydrogens (tertiary/aromatic N) is 4. The van der Waals surface area contributed by atoms with Crippen LogP contribution in [0.4, 0.5) is 10.6 Å². The number of carbonyl (C=O) groups is 1. The van der Waals surface area contributed by atoms with E-state index < -0.39 is 11.6 Å². The van der Waals surface area contributed by atoms with E-state index in [1.54, 1.807) is 6.07 Å². The van der Waals surface area contributed by atoms with Crippen LogP contribution in [0.25, 0.3) is 22.7 Å². The molecule has 0 aliphatic carbocycles. The second kappa shape index (κ2) is 10.5. The normalized spacial score (nSPS) is 16.2. The van der Waals surface area contributed by atoms with E-state index in [9.17, 15) is 9.90 Å². The molecule has 0 saturated carbocycles. The molecule has 0 unspecified atom stereocenters. The first kappa shape index (κ1) is 27.2. The van der Waals surface area contributed by atoms with Crippen molar-refractivity contribution in [1.82, 2.24) is 20.4 Å². The number of benzene rings is 1. The molecule has 0 bridgehead atoms. The summed E-state index contributed by atoms with van der Waals surface area (Å²) in [6, 6.07) is 10.3. The molecule has 9 nitrogen and oxygen atoms in total. The molecule has 2 N–H and O–H groups in total. The maximum atomic E-state index is 12.4. The van der Waals surface area contributed by atoms with E-state index in [2.05, 4.69) is 38.5 Å². The average Bonchev–Trinajstić information content (AvgIpc) is 3.49. The molecule has 37 heavy (non-hydrogen) atoms. The first-order valence-corrected chi connectivity index (χ1v) is 13.1. The van der Waals surface area contributed by atoms with Gasteiger partial charge in [0.1, 0.15) is 10.3 Å². The topological polar surface area (TPSA) is 114 Å². The minimum absolute atomic E-state index is 0.202. The first-order chi connectivity index (χ1) is 17.3. The van der Waals surface area contributed by atoms with Gasteiger partial charge >= 0.3 is 6.09 Å². The summed E-state index contributed by atoms with van der Waals surface area (Å²) in [4.78, 5) is 23.1. The molecule has 0 spiro atoms. The number of rotatable bonds is 6. The third-order valence-electron chi connectivity index (χ3n) is 6.14. The standard InChI is InChI=1S/C27H34BrN5O4/c1-26(2,3)22-23(28)30-21(24(31-22)33(25(34)35)27(4,5)6)20-13-19(32-37-20)17-9-7-16(8-10-17)14-29-18-11-12-36-15-18/h7-10,13,18,29H,11-12,14-15H2,1-6H3,(H,34,35)/t18-/m0/s1. The van der Waals surface area contributed by atoms with Crippen LogP contribution in [-0.2, 0) is 16.7 Å². The molecule has 198 valence electrons. The van der Waals surface area contributed by atoms with Crippen molar-refractivity contribution in [2.75, 3.05) is 18.1 Å². The molecular formula is C27H34BrN5O4. The maximum Gasteiger partial charge on any atom is 0.413 e. The van der Waals surface area contributed by atoms with Crippen LogP contribution in [0.3, 0.4) is 0 Å². The number of aromatic nitrogens is 3. The van der Waals surface area contributed by atoms with Gasteiger partial charge in [-0.1, -0.05) is 50.2 Å². The zero-order valence-corrected chi connectivity index (χ0v) is 23.7. The SMILES string of the molecule is CC(C)(C)c1nc(N(C(=O)O)C(C)(C)C)c(-c2cc(-c3ccc(CN[C@H]4CCOC4)cc3)no2)nc1Br. The molecule has 1 atom stereocenters. The highest BCUT2D eigenvalue weighted by Crippen LogP contribution is 2.38. The molecule has 3 aromatic rings. The molecule has 1 amide bonds. The van der Waals surface area contributed by atoms with Crippen LogP contribution in [0.1, 0.15) is 59.2 Å². The Morgan fingerprint density at radius 3 is 2.43 bits per heavy atom.